The number of aromatic nitrogens is 4. The molecule has 5 aliphatic rings. The van der Waals surface area contributed by atoms with E-state index in [-0.39, 0.29) is 17.8 Å². The number of anilines is 1. The minimum absolute atomic E-state index is 0.0847. The summed E-state index contributed by atoms with van der Waals surface area (Å²) in [5.41, 5.74) is 1.91. The first-order valence-electron chi connectivity index (χ1n) is 12.7. The molecule has 3 N–H and O–H groups in total. The van der Waals surface area contributed by atoms with Gasteiger partial charge in [0.25, 0.3) is 17.6 Å². The highest BCUT2D eigenvalue weighted by molar-refractivity contribution is 5.97. The first-order chi connectivity index (χ1) is 17.0. The molecule has 3 aromatic heterocycles. The van der Waals surface area contributed by atoms with E-state index in [0.29, 0.717) is 42.3 Å². The molecule has 4 heterocycles. The largest absolute Gasteiger partial charge is 0.390 e. The normalized spacial score (nSPS) is 32.5. The molecule has 2 atom stereocenters. The van der Waals surface area contributed by atoms with Crippen molar-refractivity contribution in [3.8, 4) is 11.5 Å². The zero-order valence-corrected chi connectivity index (χ0v) is 19.9. The van der Waals surface area contributed by atoms with Crippen molar-refractivity contribution >= 4 is 22.6 Å². The summed E-state index contributed by atoms with van der Waals surface area (Å²) in [7, 11) is 2.05. The van der Waals surface area contributed by atoms with Crippen molar-refractivity contribution in [1.82, 2.24) is 29.9 Å². The Kier molecular flexibility index (Phi) is 4.73. The van der Waals surface area contributed by atoms with Crippen LogP contribution in [-0.4, -0.2) is 85.8 Å². The molecule has 0 spiro atoms. The lowest BCUT2D eigenvalue weighted by Crippen LogP contribution is -2.59. The first-order valence-corrected chi connectivity index (χ1v) is 12.7. The summed E-state index contributed by atoms with van der Waals surface area (Å²) in [5, 5.41) is 19.9. The maximum Gasteiger partial charge on any atom is 0.295 e. The third kappa shape index (κ3) is 3.53. The number of carbonyl (C=O) groups excluding carboxylic acids is 1. The zero-order chi connectivity index (χ0) is 23.7. The van der Waals surface area contributed by atoms with Gasteiger partial charge in [-0.25, -0.2) is 4.98 Å². The molecular weight excluding hydrogens is 446 g/mol. The lowest BCUT2D eigenvalue weighted by atomic mass is 9.52. The number of aliphatic hydroxyl groups is 1. The van der Waals surface area contributed by atoms with Crippen LogP contribution in [0.2, 0.25) is 0 Å². The number of H-pyrrole nitrogens is 1. The number of nitrogens with zero attached hydrogens (tertiary/aromatic N) is 5. The minimum atomic E-state index is -0.482. The fourth-order valence-corrected chi connectivity index (χ4v) is 7.28. The van der Waals surface area contributed by atoms with Crippen LogP contribution in [-0.2, 0) is 0 Å². The van der Waals surface area contributed by atoms with Crippen molar-refractivity contribution in [3.05, 3.63) is 24.3 Å². The molecule has 1 aliphatic heterocycles. The number of pyridine rings is 1. The molecule has 35 heavy (non-hydrogen) atoms. The number of hydrogen-bond donors (Lipinski definition) is 3. The second-order valence-corrected chi connectivity index (χ2v) is 11.2. The second-order valence-electron chi connectivity index (χ2n) is 11.2. The smallest absolute Gasteiger partial charge is 0.295 e. The molecule has 4 saturated carbocycles. The van der Waals surface area contributed by atoms with Crippen molar-refractivity contribution in [3.63, 3.8) is 0 Å². The summed E-state index contributed by atoms with van der Waals surface area (Å²) in [6.07, 6.45) is 8.62. The molecule has 5 fully saturated rings. The molecule has 184 valence electrons. The average Bonchev–Trinajstić information content (AvgIpc) is 3.50. The van der Waals surface area contributed by atoms with E-state index in [9.17, 15) is 9.90 Å². The Morgan fingerprint density at radius 2 is 1.97 bits per heavy atom. The first kappa shape index (κ1) is 21.3. The van der Waals surface area contributed by atoms with Crippen LogP contribution in [0, 0.1) is 17.8 Å². The van der Waals surface area contributed by atoms with Gasteiger partial charge in [-0.1, -0.05) is 5.16 Å². The van der Waals surface area contributed by atoms with E-state index in [4.69, 9.17) is 4.52 Å². The topological polar surface area (TPSA) is 123 Å². The van der Waals surface area contributed by atoms with Crippen LogP contribution in [0.5, 0.6) is 0 Å². The van der Waals surface area contributed by atoms with E-state index < -0.39 is 5.60 Å². The highest BCUT2D eigenvalue weighted by Crippen LogP contribution is 2.56. The van der Waals surface area contributed by atoms with Gasteiger partial charge in [0.05, 0.1) is 16.9 Å². The Morgan fingerprint density at radius 3 is 2.71 bits per heavy atom. The van der Waals surface area contributed by atoms with Gasteiger partial charge in [0.2, 0.25) is 0 Å². The van der Waals surface area contributed by atoms with Crippen molar-refractivity contribution in [1.29, 1.82) is 0 Å². The van der Waals surface area contributed by atoms with E-state index >= 15 is 0 Å². The number of carbonyl (C=O) groups is 1. The van der Waals surface area contributed by atoms with Gasteiger partial charge in [-0.3, -0.25) is 4.79 Å². The van der Waals surface area contributed by atoms with Gasteiger partial charge in [0.1, 0.15) is 5.65 Å². The van der Waals surface area contributed by atoms with E-state index in [1.165, 1.54) is 0 Å². The van der Waals surface area contributed by atoms with E-state index in [0.717, 1.165) is 61.9 Å². The van der Waals surface area contributed by atoms with E-state index in [1.807, 2.05) is 12.3 Å². The summed E-state index contributed by atoms with van der Waals surface area (Å²) in [6, 6.07) is 2.28. The average molecular weight is 478 g/mol. The molecule has 1 saturated heterocycles. The van der Waals surface area contributed by atoms with Gasteiger partial charge in [-0.2, -0.15) is 4.98 Å². The fourth-order valence-electron chi connectivity index (χ4n) is 7.28. The molecule has 8 rings (SSSR count). The molecule has 1 amide bonds. The number of likely N-dealkylation sites (N-methyl/N-ethyl adjacent to an activating group) is 1. The van der Waals surface area contributed by atoms with Crippen LogP contribution in [0.1, 0.15) is 42.7 Å². The van der Waals surface area contributed by atoms with Crippen LogP contribution in [0.3, 0.4) is 0 Å². The van der Waals surface area contributed by atoms with E-state index in [2.05, 4.69) is 37.4 Å². The van der Waals surface area contributed by atoms with Crippen molar-refractivity contribution in [2.24, 2.45) is 17.8 Å². The van der Waals surface area contributed by atoms with Gasteiger partial charge in [0.15, 0.2) is 0 Å². The Labute approximate surface area is 203 Å². The van der Waals surface area contributed by atoms with Gasteiger partial charge in [-0.15, -0.1) is 0 Å². The summed E-state index contributed by atoms with van der Waals surface area (Å²) in [6.45, 7) is 2.97. The fraction of sp³-hybridized carbons (Fsp3) is 0.600. The van der Waals surface area contributed by atoms with Crippen LogP contribution in [0.15, 0.2) is 23.0 Å². The molecule has 10 nitrogen and oxygen atoms in total. The molecule has 2 unspecified atom stereocenters. The SMILES string of the molecule is CN1CCN(C(=O)c2noc(-c3cnc4[nH]ccc4c3N[C@H]3C4CC5CC3C[C@@](O)(C5)C4)n2)CC1. The Morgan fingerprint density at radius 1 is 1.20 bits per heavy atom. The molecule has 0 radical (unpaired) electrons. The second kappa shape index (κ2) is 7.76. The zero-order valence-electron chi connectivity index (χ0n) is 19.9. The molecule has 3 aromatic rings. The van der Waals surface area contributed by atoms with Crippen molar-refractivity contribution < 1.29 is 14.4 Å². The summed E-state index contributed by atoms with van der Waals surface area (Å²) >= 11 is 0. The molecule has 0 aromatic carbocycles. The van der Waals surface area contributed by atoms with E-state index in [1.54, 1.807) is 11.1 Å². The number of hydrogen-bond acceptors (Lipinski definition) is 8. The lowest BCUT2D eigenvalue weighted by Gasteiger charge is -2.58. The molecular formula is C25H31N7O3. The highest BCUT2D eigenvalue weighted by atomic mass is 16.5. The predicted octanol–water partition coefficient (Wildman–Crippen LogP) is 2.35. The van der Waals surface area contributed by atoms with Gasteiger partial charge >= 0.3 is 0 Å². The van der Waals surface area contributed by atoms with Crippen molar-refractivity contribution in [2.75, 3.05) is 38.5 Å². The number of amides is 1. The maximum atomic E-state index is 13.0. The molecule has 10 heteroatoms. The monoisotopic (exact) mass is 477 g/mol. The number of rotatable bonds is 4. The summed E-state index contributed by atoms with van der Waals surface area (Å²) < 4.78 is 5.62. The number of nitrogens with one attached hydrogen (secondary N) is 2. The number of aromatic amines is 1. The lowest BCUT2D eigenvalue weighted by molar-refractivity contribution is -0.129. The number of piperazine rings is 1. The maximum absolute atomic E-state index is 13.0. The Hall–Kier alpha value is -2.98. The summed E-state index contributed by atoms with van der Waals surface area (Å²) in [5.74, 6) is 1.70. The van der Waals surface area contributed by atoms with Crippen LogP contribution < -0.4 is 5.32 Å². The van der Waals surface area contributed by atoms with Gasteiger partial charge in [0, 0.05) is 50.0 Å². The third-order valence-electron chi connectivity index (χ3n) is 8.78. The minimum Gasteiger partial charge on any atom is -0.390 e. The van der Waals surface area contributed by atoms with Gasteiger partial charge in [-0.05, 0) is 63.0 Å². The number of fused-ring (bicyclic) bond motifs is 1. The van der Waals surface area contributed by atoms with Gasteiger partial charge < -0.3 is 29.7 Å². The highest BCUT2D eigenvalue weighted by Gasteiger charge is 2.54. The Balaban J connectivity index is 1.21. The third-order valence-corrected chi connectivity index (χ3v) is 8.78. The molecule has 4 bridgehead atoms. The standard InChI is InChI=1S/C25H31N7O3/c1-31-4-6-32(7-5-31)24(33)22-29-23(35-30-22)18-13-27-21-17(2-3-26-21)20(18)28-19-15-8-14-9-16(19)12-25(34,10-14)11-15/h2-3,13-16,19,34H,4-12H2,1H3,(H2,26,27,28)/t14?,15?,16?,19-,25+. The van der Waals surface area contributed by atoms with Crippen LogP contribution >= 0.6 is 0 Å². The summed E-state index contributed by atoms with van der Waals surface area (Å²) in [4.78, 5) is 29.2. The predicted molar refractivity (Wildman–Crippen MR) is 129 cm³/mol. The molecule has 4 aliphatic carbocycles. The Bertz CT molecular complexity index is 1260. The van der Waals surface area contributed by atoms with Crippen molar-refractivity contribution in [2.45, 2.75) is 43.7 Å². The van der Waals surface area contributed by atoms with Crippen LogP contribution in [0.4, 0.5) is 5.69 Å². The quantitative estimate of drug-likeness (QED) is 0.523. The van der Waals surface area contributed by atoms with Crippen LogP contribution in [0.25, 0.3) is 22.5 Å².